The van der Waals surface area contributed by atoms with Crippen molar-refractivity contribution in [2.75, 3.05) is 19.7 Å². The summed E-state index contributed by atoms with van der Waals surface area (Å²) in [6.07, 6.45) is 1.87. The maximum atomic E-state index is 13.6. The molecule has 3 aromatic rings. The van der Waals surface area contributed by atoms with Crippen molar-refractivity contribution < 1.29 is 18.7 Å². The van der Waals surface area contributed by atoms with Gasteiger partial charge in [-0.1, -0.05) is 42.5 Å². The molecule has 7 heteroatoms. The number of carbonyl (C=O) groups is 2. The van der Waals surface area contributed by atoms with Crippen LogP contribution >= 0.6 is 11.3 Å². The number of thiophene rings is 1. The van der Waals surface area contributed by atoms with Gasteiger partial charge in [-0.05, 0) is 55.2 Å². The fourth-order valence-electron chi connectivity index (χ4n) is 4.23. The number of nitrogens with zero attached hydrogens (tertiary/aromatic N) is 2. The largest absolute Gasteiger partial charge is 0.376 e. The van der Waals surface area contributed by atoms with Crippen molar-refractivity contribution in [3.8, 4) is 0 Å². The van der Waals surface area contributed by atoms with Gasteiger partial charge in [-0.3, -0.25) is 9.59 Å². The molecular weight excluding hydrogens is 463 g/mol. The van der Waals surface area contributed by atoms with Crippen LogP contribution in [0.3, 0.4) is 0 Å². The zero-order chi connectivity index (χ0) is 24.6. The highest BCUT2D eigenvalue weighted by Crippen LogP contribution is 2.20. The number of carbonyl (C=O) groups excluding carboxylic acids is 2. The van der Waals surface area contributed by atoms with Gasteiger partial charge in [-0.15, -0.1) is 11.3 Å². The van der Waals surface area contributed by atoms with Crippen LogP contribution in [0.1, 0.15) is 33.7 Å². The molecule has 0 saturated carbocycles. The Morgan fingerprint density at radius 1 is 0.943 bits per heavy atom. The van der Waals surface area contributed by atoms with Gasteiger partial charge in [0, 0.05) is 29.5 Å². The Morgan fingerprint density at radius 2 is 1.71 bits per heavy atom. The maximum absolute atomic E-state index is 13.6. The van der Waals surface area contributed by atoms with E-state index in [1.54, 1.807) is 28.4 Å². The van der Waals surface area contributed by atoms with E-state index in [-0.39, 0.29) is 36.7 Å². The van der Waals surface area contributed by atoms with Crippen LogP contribution in [0, 0.1) is 12.7 Å². The second kappa shape index (κ2) is 12.1. The number of rotatable bonds is 10. The first-order valence-corrected chi connectivity index (χ1v) is 12.8. The summed E-state index contributed by atoms with van der Waals surface area (Å²) in [6, 6.07) is 19.9. The summed E-state index contributed by atoms with van der Waals surface area (Å²) in [4.78, 5) is 32.6. The molecule has 1 aromatic heterocycles. The van der Waals surface area contributed by atoms with E-state index in [0.29, 0.717) is 26.2 Å². The number of hydrogen-bond donors (Lipinski definition) is 0. The Bertz CT molecular complexity index is 1110. The van der Waals surface area contributed by atoms with E-state index in [9.17, 15) is 14.0 Å². The van der Waals surface area contributed by atoms with Gasteiger partial charge in [0.2, 0.25) is 11.8 Å². The van der Waals surface area contributed by atoms with Crippen molar-refractivity contribution in [2.45, 2.75) is 45.4 Å². The van der Waals surface area contributed by atoms with Crippen LogP contribution in [0.2, 0.25) is 0 Å². The molecule has 1 fully saturated rings. The van der Waals surface area contributed by atoms with Gasteiger partial charge in [0.05, 0.1) is 25.6 Å². The van der Waals surface area contributed by atoms with Crippen LogP contribution in [-0.4, -0.2) is 47.4 Å². The molecule has 184 valence electrons. The van der Waals surface area contributed by atoms with Gasteiger partial charge in [0.15, 0.2) is 0 Å². The molecule has 0 bridgehead atoms. The summed E-state index contributed by atoms with van der Waals surface area (Å²) in [5, 5.41) is 0. The van der Waals surface area contributed by atoms with E-state index in [0.717, 1.165) is 28.8 Å². The number of benzene rings is 2. The molecule has 1 aliphatic heterocycles. The molecule has 0 spiro atoms. The van der Waals surface area contributed by atoms with E-state index >= 15 is 0 Å². The zero-order valence-corrected chi connectivity index (χ0v) is 20.8. The molecule has 0 aliphatic carbocycles. The fraction of sp³-hybridized carbons (Fsp3) is 0.357. The topological polar surface area (TPSA) is 49.9 Å². The van der Waals surface area contributed by atoms with Crippen molar-refractivity contribution >= 4 is 23.2 Å². The van der Waals surface area contributed by atoms with Gasteiger partial charge in [0.1, 0.15) is 5.82 Å². The summed E-state index contributed by atoms with van der Waals surface area (Å²) in [5.74, 6) is -0.606. The second-order valence-electron chi connectivity index (χ2n) is 8.96. The number of amides is 2. The lowest BCUT2D eigenvalue weighted by atomic mass is 10.1. The first-order chi connectivity index (χ1) is 17.0. The lowest BCUT2D eigenvalue weighted by Crippen LogP contribution is -2.45. The van der Waals surface area contributed by atoms with E-state index in [1.807, 2.05) is 35.2 Å². The molecule has 4 rings (SSSR count). The number of ether oxygens (including phenoxy) is 1. The van der Waals surface area contributed by atoms with E-state index in [2.05, 4.69) is 19.1 Å². The smallest absolute Gasteiger partial charge is 0.242 e. The lowest BCUT2D eigenvalue weighted by molar-refractivity contribution is -0.142. The van der Waals surface area contributed by atoms with Crippen LogP contribution < -0.4 is 0 Å². The van der Waals surface area contributed by atoms with Crippen LogP contribution in [0.5, 0.6) is 0 Å². The minimum absolute atomic E-state index is 0.0168. The third kappa shape index (κ3) is 7.47. The molecule has 1 atom stereocenters. The van der Waals surface area contributed by atoms with E-state index in [1.165, 1.54) is 17.0 Å². The average Bonchev–Trinajstić information content (AvgIpc) is 3.52. The van der Waals surface area contributed by atoms with E-state index < -0.39 is 0 Å². The van der Waals surface area contributed by atoms with Crippen LogP contribution in [-0.2, 0) is 33.8 Å². The first kappa shape index (κ1) is 25.1. The minimum Gasteiger partial charge on any atom is -0.376 e. The number of aryl methyl sites for hydroxylation is 1. The van der Waals surface area contributed by atoms with Crippen molar-refractivity contribution in [3.05, 3.63) is 93.4 Å². The Kier molecular flexibility index (Phi) is 8.66. The molecular formula is C28H31FN2O3S. The Morgan fingerprint density at radius 3 is 2.37 bits per heavy atom. The molecule has 2 heterocycles. The standard InChI is InChI=1S/C28H31FN2O3S/c1-21-9-14-26(35-21)19-30(17-23-6-3-2-4-7-23)28(33)20-31(18-25-8-5-15-34-25)27(32)16-22-10-12-24(29)13-11-22/h2-4,6-7,9-14,25H,5,8,15-20H2,1H3. The molecule has 2 amide bonds. The summed E-state index contributed by atoms with van der Waals surface area (Å²) in [7, 11) is 0. The van der Waals surface area contributed by atoms with Crippen LogP contribution in [0.25, 0.3) is 0 Å². The third-order valence-corrected chi connectivity index (χ3v) is 7.09. The Hall–Kier alpha value is -3.03. The van der Waals surface area contributed by atoms with Gasteiger partial charge in [0.25, 0.3) is 0 Å². The predicted molar refractivity (Wildman–Crippen MR) is 135 cm³/mol. The predicted octanol–water partition coefficient (Wildman–Crippen LogP) is 4.97. The summed E-state index contributed by atoms with van der Waals surface area (Å²) >= 11 is 1.67. The highest BCUT2D eigenvalue weighted by molar-refractivity contribution is 7.11. The second-order valence-corrected chi connectivity index (χ2v) is 10.3. The molecule has 2 aromatic carbocycles. The summed E-state index contributed by atoms with van der Waals surface area (Å²) in [6.45, 7) is 4.05. The Labute approximate surface area is 210 Å². The lowest BCUT2D eigenvalue weighted by Gasteiger charge is -2.29. The SMILES string of the molecule is Cc1ccc(CN(Cc2ccccc2)C(=O)CN(CC2CCCO2)C(=O)Cc2ccc(F)cc2)s1. The first-order valence-electron chi connectivity index (χ1n) is 12.0. The molecule has 0 radical (unpaired) electrons. The highest BCUT2D eigenvalue weighted by atomic mass is 32.1. The Balaban J connectivity index is 1.50. The van der Waals surface area contributed by atoms with Gasteiger partial charge in [-0.25, -0.2) is 4.39 Å². The van der Waals surface area contributed by atoms with Crippen molar-refractivity contribution in [1.82, 2.24) is 9.80 Å². The monoisotopic (exact) mass is 494 g/mol. The number of halogens is 1. The number of hydrogen-bond acceptors (Lipinski definition) is 4. The van der Waals surface area contributed by atoms with Gasteiger partial charge in [-0.2, -0.15) is 0 Å². The van der Waals surface area contributed by atoms with Gasteiger partial charge >= 0.3 is 0 Å². The summed E-state index contributed by atoms with van der Waals surface area (Å²) in [5.41, 5.74) is 1.76. The molecule has 1 unspecified atom stereocenters. The molecule has 35 heavy (non-hydrogen) atoms. The third-order valence-electron chi connectivity index (χ3n) is 6.11. The average molecular weight is 495 g/mol. The normalized spacial score (nSPS) is 15.2. The molecule has 5 nitrogen and oxygen atoms in total. The molecule has 0 N–H and O–H groups in total. The van der Waals surface area contributed by atoms with Crippen molar-refractivity contribution in [3.63, 3.8) is 0 Å². The quantitative estimate of drug-likeness (QED) is 0.400. The fourth-order valence-corrected chi connectivity index (χ4v) is 5.14. The molecule has 1 saturated heterocycles. The van der Waals surface area contributed by atoms with Crippen LogP contribution in [0.4, 0.5) is 4.39 Å². The van der Waals surface area contributed by atoms with Gasteiger partial charge < -0.3 is 14.5 Å². The molecule has 1 aliphatic rings. The van der Waals surface area contributed by atoms with Crippen molar-refractivity contribution in [2.24, 2.45) is 0 Å². The highest BCUT2D eigenvalue weighted by Gasteiger charge is 2.26. The zero-order valence-electron chi connectivity index (χ0n) is 20.0. The van der Waals surface area contributed by atoms with Crippen LogP contribution in [0.15, 0.2) is 66.7 Å². The maximum Gasteiger partial charge on any atom is 0.242 e. The van der Waals surface area contributed by atoms with Crippen molar-refractivity contribution in [1.29, 1.82) is 0 Å². The minimum atomic E-state index is -0.340. The summed E-state index contributed by atoms with van der Waals surface area (Å²) < 4.78 is 19.1. The van der Waals surface area contributed by atoms with E-state index in [4.69, 9.17) is 4.74 Å².